The number of amides is 1. The molecule has 6 nitrogen and oxygen atoms in total. The first-order valence-electron chi connectivity index (χ1n) is 8.87. The first kappa shape index (κ1) is 18.5. The second-order valence-electron chi connectivity index (χ2n) is 6.03. The first-order chi connectivity index (χ1) is 13.2. The summed E-state index contributed by atoms with van der Waals surface area (Å²) in [7, 11) is 0. The Morgan fingerprint density at radius 1 is 1.00 bits per heavy atom. The van der Waals surface area contributed by atoms with Gasteiger partial charge in [0.05, 0.1) is 13.0 Å². The fourth-order valence-electron chi connectivity index (χ4n) is 2.71. The molecular weight excluding hydrogens is 344 g/mol. The van der Waals surface area contributed by atoms with E-state index in [0.29, 0.717) is 18.7 Å². The summed E-state index contributed by atoms with van der Waals surface area (Å²) >= 11 is 0. The smallest absolute Gasteiger partial charge is 0.309 e. The van der Waals surface area contributed by atoms with Crippen LogP contribution in [0.3, 0.4) is 0 Å². The predicted octanol–water partition coefficient (Wildman–Crippen LogP) is 2.84. The number of ether oxygens (including phenoxy) is 2. The summed E-state index contributed by atoms with van der Waals surface area (Å²) in [6.07, 6.45) is 2.75. The van der Waals surface area contributed by atoms with Gasteiger partial charge in [-0.05, 0) is 30.2 Å². The van der Waals surface area contributed by atoms with E-state index in [4.69, 9.17) is 9.47 Å². The van der Waals surface area contributed by atoms with Crippen molar-refractivity contribution < 1.29 is 19.1 Å². The lowest BCUT2D eigenvalue weighted by molar-refractivity contribution is -0.149. The molecule has 0 unspecified atom stereocenters. The lowest BCUT2D eigenvalue weighted by atomic mass is 10.1. The Bertz CT molecular complexity index is 889. The maximum atomic E-state index is 11.8. The van der Waals surface area contributed by atoms with E-state index in [-0.39, 0.29) is 25.5 Å². The number of aromatic amines is 1. The van der Waals surface area contributed by atoms with Gasteiger partial charge in [0.2, 0.25) is 0 Å². The number of rotatable bonds is 9. The van der Waals surface area contributed by atoms with Gasteiger partial charge in [-0.15, -0.1) is 0 Å². The standard InChI is InChI=1S/C21H22N2O4/c24-20(15-27-21(25)11-13-26-17-6-2-1-3-7-17)22-12-10-16-14-23-19-9-5-4-8-18(16)19/h1-9,14,23H,10-13,15H2,(H,22,24). The fraction of sp³-hybridized carbons (Fsp3) is 0.238. The van der Waals surface area contributed by atoms with E-state index in [1.165, 1.54) is 0 Å². The molecule has 140 valence electrons. The van der Waals surface area contributed by atoms with Crippen LogP contribution in [0.25, 0.3) is 10.9 Å². The summed E-state index contributed by atoms with van der Waals surface area (Å²) in [5.74, 6) is -0.0785. The number of para-hydroxylation sites is 2. The van der Waals surface area contributed by atoms with E-state index >= 15 is 0 Å². The summed E-state index contributed by atoms with van der Waals surface area (Å²) in [6, 6.07) is 17.2. The van der Waals surface area contributed by atoms with Gasteiger partial charge >= 0.3 is 5.97 Å². The van der Waals surface area contributed by atoms with E-state index in [2.05, 4.69) is 10.3 Å². The van der Waals surface area contributed by atoms with Gasteiger partial charge in [0.1, 0.15) is 5.75 Å². The molecule has 0 saturated heterocycles. The number of carbonyl (C=O) groups is 2. The molecule has 2 aromatic carbocycles. The number of benzene rings is 2. The van der Waals surface area contributed by atoms with Gasteiger partial charge in [-0.2, -0.15) is 0 Å². The van der Waals surface area contributed by atoms with Crippen molar-refractivity contribution in [3.63, 3.8) is 0 Å². The zero-order valence-electron chi connectivity index (χ0n) is 14.9. The van der Waals surface area contributed by atoms with Crippen molar-refractivity contribution in [1.82, 2.24) is 10.3 Å². The molecule has 0 aliphatic rings. The molecule has 0 saturated carbocycles. The maximum Gasteiger partial charge on any atom is 0.309 e. The highest BCUT2D eigenvalue weighted by Crippen LogP contribution is 2.17. The van der Waals surface area contributed by atoms with Crippen LogP contribution < -0.4 is 10.1 Å². The monoisotopic (exact) mass is 366 g/mol. The molecule has 0 fully saturated rings. The fourth-order valence-corrected chi connectivity index (χ4v) is 2.71. The van der Waals surface area contributed by atoms with Crippen LogP contribution in [0.2, 0.25) is 0 Å². The molecule has 1 aromatic heterocycles. The minimum Gasteiger partial charge on any atom is -0.493 e. The molecule has 3 aromatic rings. The van der Waals surface area contributed by atoms with Gasteiger partial charge in [-0.1, -0.05) is 36.4 Å². The van der Waals surface area contributed by atoms with Crippen LogP contribution in [0.1, 0.15) is 12.0 Å². The summed E-state index contributed by atoms with van der Waals surface area (Å²) in [4.78, 5) is 26.7. The predicted molar refractivity (Wildman–Crippen MR) is 103 cm³/mol. The summed E-state index contributed by atoms with van der Waals surface area (Å²) in [5.41, 5.74) is 2.21. The van der Waals surface area contributed by atoms with Crippen molar-refractivity contribution in [3.05, 3.63) is 66.4 Å². The Morgan fingerprint density at radius 3 is 2.63 bits per heavy atom. The Morgan fingerprint density at radius 2 is 1.78 bits per heavy atom. The molecule has 3 rings (SSSR count). The third-order valence-corrected chi connectivity index (χ3v) is 4.07. The van der Waals surface area contributed by atoms with Crippen molar-refractivity contribution in [2.75, 3.05) is 19.8 Å². The lowest BCUT2D eigenvalue weighted by Crippen LogP contribution is -2.30. The van der Waals surface area contributed by atoms with Crippen molar-refractivity contribution in [2.45, 2.75) is 12.8 Å². The second-order valence-corrected chi connectivity index (χ2v) is 6.03. The normalized spacial score (nSPS) is 10.5. The summed E-state index contributed by atoms with van der Waals surface area (Å²) in [6.45, 7) is 0.415. The van der Waals surface area contributed by atoms with Gasteiger partial charge in [0.25, 0.3) is 5.91 Å². The molecule has 0 bridgehead atoms. The average Bonchev–Trinajstić information content (AvgIpc) is 3.10. The number of esters is 1. The zero-order chi connectivity index (χ0) is 18.9. The van der Waals surface area contributed by atoms with E-state index in [9.17, 15) is 9.59 Å². The molecule has 1 heterocycles. The minimum atomic E-state index is -0.460. The van der Waals surface area contributed by atoms with Gasteiger partial charge in [0.15, 0.2) is 6.61 Å². The van der Waals surface area contributed by atoms with Crippen molar-refractivity contribution >= 4 is 22.8 Å². The number of hydrogen-bond donors (Lipinski definition) is 2. The molecule has 1 amide bonds. The number of hydrogen-bond acceptors (Lipinski definition) is 4. The molecule has 0 atom stereocenters. The van der Waals surface area contributed by atoms with Gasteiger partial charge in [0, 0.05) is 23.6 Å². The molecule has 2 N–H and O–H groups in total. The lowest BCUT2D eigenvalue weighted by Gasteiger charge is -2.07. The molecule has 0 aliphatic carbocycles. The van der Waals surface area contributed by atoms with Gasteiger partial charge < -0.3 is 19.8 Å². The van der Waals surface area contributed by atoms with E-state index in [0.717, 1.165) is 16.5 Å². The first-order valence-corrected chi connectivity index (χ1v) is 8.87. The Kier molecular flexibility index (Phi) is 6.46. The van der Waals surface area contributed by atoms with Crippen molar-refractivity contribution in [1.29, 1.82) is 0 Å². The van der Waals surface area contributed by atoms with Crippen molar-refractivity contribution in [2.24, 2.45) is 0 Å². The van der Waals surface area contributed by atoms with Crippen LogP contribution in [-0.4, -0.2) is 36.6 Å². The number of H-pyrrole nitrogens is 1. The Hall–Kier alpha value is -3.28. The van der Waals surface area contributed by atoms with Crippen LogP contribution in [0, 0.1) is 0 Å². The average molecular weight is 366 g/mol. The largest absolute Gasteiger partial charge is 0.493 e. The summed E-state index contributed by atoms with van der Waals surface area (Å²) in [5, 5.41) is 3.91. The molecule has 0 spiro atoms. The van der Waals surface area contributed by atoms with E-state index in [1.54, 1.807) is 0 Å². The summed E-state index contributed by atoms with van der Waals surface area (Å²) < 4.78 is 10.4. The number of aromatic nitrogens is 1. The SMILES string of the molecule is O=C(COC(=O)CCOc1ccccc1)NCCc1c[nH]c2ccccc12. The number of fused-ring (bicyclic) bond motifs is 1. The molecular formula is C21H22N2O4. The Labute approximate surface area is 157 Å². The maximum absolute atomic E-state index is 11.8. The minimum absolute atomic E-state index is 0.0948. The van der Waals surface area contributed by atoms with Gasteiger partial charge in [-0.25, -0.2) is 0 Å². The third-order valence-electron chi connectivity index (χ3n) is 4.07. The quantitative estimate of drug-likeness (QED) is 0.571. The molecule has 6 heteroatoms. The molecule has 27 heavy (non-hydrogen) atoms. The van der Waals surface area contributed by atoms with Crippen LogP contribution in [0.4, 0.5) is 0 Å². The van der Waals surface area contributed by atoms with Crippen LogP contribution in [0.5, 0.6) is 5.75 Å². The van der Waals surface area contributed by atoms with Crippen LogP contribution in [0.15, 0.2) is 60.8 Å². The number of carbonyl (C=O) groups excluding carboxylic acids is 2. The van der Waals surface area contributed by atoms with Crippen LogP contribution in [-0.2, 0) is 20.7 Å². The van der Waals surface area contributed by atoms with E-state index < -0.39 is 5.97 Å². The van der Waals surface area contributed by atoms with E-state index in [1.807, 2.05) is 60.8 Å². The highest BCUT2D eigenvalue weighted by atomic mass is 16.5. The van der Waals surface area contributed by atoms with Crippen LogP contribution >= 0.6 is 0 Å². The Balaban J connectivity index is 1.30. The molecule has 0 aliphatic heterocycles. The number of nitrogens with one attached hydrogen (secondary N) is 2. The highest BCUT2D eigenvalue weighted by Gasteiger charge is 2.08. The zero-order valence-corrected chi connectivity index (χ0v) is 14.9. The van der Waals surface area contributed by atoms with Crippen molar-refractivity contribution in [3.8, 4) is 5.75 Å². The molecule has 0 radical (unpaired) electrons. The highest BCUT2D eigenvalue weighted by molar-refractivity contribution is 5.83. The second kappa shape index (κ2) is 9.43. The third kappa shape index (κ3) is 5.60. The van der Waals surface area contributed by atoms with Gasteiger partial charge in [-0.3, -0.25) is 9.59 Å². The topological polar surface area (TPSA) is 80.4 Å².